The van der Waals surface area contributed by atoms with Gasteiger partial charge >= 0.3 is 0 Å². The first-order valence-electron chi connectivity index (χ1n) is 7.97. The summed E-state index contributed by atoms with van der Waals surface area (Å²) >= 11 is 0. The molecule has 1 amide bonds. The molecule has 6 heteroatoms. The van der Waals surface area contributed by atoms with E-state index in [1.165, 1.54) is 24.3 Å². The number of amides is 1. The Labute approximate surface area is 146 Å². The fourth-order valence-electron chi connectivity index (χ4n) is 2.07. The Kier molecular flexibility index (Phi) is 6.62. The third kappa shape index (κ3) is 5.99. The number of rotatable bonds is 8. The van der Waals surface area contributed by atoms with Crippen LogP contribution in [0.2, 0.25) is 0 Å². The third-order valence-electron chi connectivity index (χ3n) is 3.44. The number of nitrogens with one attached hydrogen (secondary N) is 1. The van der Waals surface area contributed by atoms with Crippen LogP contribution < -0.4 is 19.5 Å². The van der Waals surface area contributed by atoms with Crippen molar-refractivity contribution in [3.63, 3.8) is 0 Å². The SMILES string of the molecule is COc1ccc(OCC(C)NC(=O)C(C)Oc2ccc(F)cc2)cc1. The van der Waals surface area contributed by atoms with Crippen molar-refractivity contribution in [1.82, 2.24) is 5.32 Å². The van der Waals surface area contributed by atoms with Crippen LogP contribution >= 0.6 is 0 Å². The summed E-state index contributed by atoms with van der Waals surface area (Å²) in [5, 5.41) is 2.82. The Morgan fingerprint density at radius 3 is 2.16 bits per heavy atom. The second-order valence-corrected chi connectivity index (χ2v) is 5.61. The average molecular weight is 347 g/mol. The number of carbonyl (C=O) groups is 1. The van der Waals surface area contributed by atoms with Gasteiger partial charge in [0.1, 0.15) is 29.7 Å². The van der Waals surface area contributed by atoms with Crippen molar-refractivity contribution < 1.29 is 23.4 Å². The van der Waals surface area contributed by atoms with Gasteiger partial charge in [-0.25, -0.2) is 4.39 Å². The molecule has 2 atom stereocenters. The summed E-state index contributed by atoms with van der Waals surface area (Å²) in [6.45, 7) is 3.79. The van der Waals surface area contributed by atoms with Gasteiger partial charge in [0.15, 0.2) is 6.10 Å². The number of hydrogen-bond donors (Lipinski definition) is 1. The Morgan fingerprint density at radius 1 is 1.00 bits per heavy atom. The van der Waals surface area contributed by atoms with Crippen LogP contribution in [0.5, 0.6) is 17.2 Å². The quantitative estimate of drug-likeness (QED) is 0.797. The van der Waals surface area contributed by atoms with E-state index in [-0.39, 0.29) is 17.8 Å². The minimum atomic E-state index is -0.700. The van der Waals surface area contributed by atoms with Gasteiger partial charge in [-0.15, -0.1) is 0 Å². The lowest BCUT2D eigenvalue weighted by Gasteiger charge is -2.19. The van der Waals surface area contributed by atoms with Gasteiger partial charge in [-0.3, -0.25) is 4.79 Å². The summed E-state index contributed by atoms with van der Waals surface area (Å²) in [5.41, 5.74) is 0. The van der Waals surface area contributed by atoms with E-state index in [1.54, 1.807) is 38.3 Å². The van der Waals surface area contributed by atoms with Crippen molar-refractivity contribution in [3.8, 4) is 17.2 Å². The molecule has 0 bridgehead atoms. The average Bonchev–Trinajstić information content (AvgIpc) is 2.62. The van der Waals surface area contributed by atoms with Crippen LogP contribution in [0.3, 0.4) is 0 Å². The molecule has 2 aromatic carbocycles. The number of methoxy groups -OCH3 is 1. The predicted molar refractivity (Wildman–Crippen MR) is 92.6 cm³/mol. The summed E-state index contributed by atoms with van der Waals surface area (Å²) in [5.74, 6) is 1.26. The molecule has 1 N–H and O–H groups in total. The fourth-order valence-corrected chi connectivity index (χ4v) is 2.07. The summed E-state index contributed by atoms with van der Waals surface area (Å²) < 4.78 is 29.1. The maximum Gasteiger partial charge on any atom is 0.261 e. The van der Waals surface area contributed by atoms with Crippen molar-refractivity contribution >= 4 is 5.91 Å². The molecular weight excluding hydrogens is 325 g/mol. The minimum Gasteiger partial charge on any atom is -0.497 e. The van der Waals surface area contributed by atoms with Crippen molar-refractivity contribution in [3.05, 3.63) is 54.3 Å². The zero-order valence-corrected chi connectivity index (χ0v) is 14.5. The monoisotopic (exact) mass is 347 g/mol. The maximum atomic E-state index is 12.9. The normalized spacial score (nSPS) is 12.8. The molecule has 134 valence electrons. The van der Waals surface area contributed by atoms with Crippen LogP contribution in [0.1, 0.15) is 13.8 Å². The molecule has 0 saturated carbocycles. The second kappa shape index (κ2) is 8.92. The molecule has 0 aromatic heterocycles. The van der Waals surface area contributed by atoms with Gasteiger partial charge in [0.05, 0.1) is 13.2 Å². The number of benzene rings is 2. The molecule has 2 aromatic rings. The first-order valence-corrected chi connectivity index (χ1v) is 7.97. The van der Waals surface area contributed by atoms with E-state index in [2.05, 4.69) is 5.32 Å². The van der Waals surface area contributed by atoms with Gasteiger partial charge < -0.3 is 19.5 Å². The van der Waals surface area contributed by atoms with E-state index < -0.39 is 6.10 Å². The molecule has 0 fully saturated rings. The van der Waals surface area contributed by atoms with E-state index in [4.69, 9.17) is 14.2 Å². The number of hydrogen-bond acceptors (Lipinski definition) is 4. The summed E-state index contributed by atoms with van der Waals surface area (Å²) in [7, 11) is 1.60. The lowest BCUT2D eigenvalue weighted by molar-refractivity contribution is -0.128. The van der Waals surface area contributed by atoms with Crippen LogP contribution in [-0.4, -0.2) is 31.8 Å². The Morgan fingerprint density at radius 2 is 1.56 bits per heavy atom. The van der Waals surface area contributed by atoms with Gasteiger partial charge in [-0.2, -0.15) is 0 Å². The van der Waals surface area contributed by atoms with Gasteiger partial charge in [-0.05, 0) is 62.4 Å². The molecule has 0 aliphatic heterocycles. The van der Waals surface area contributed by atoms with Crippen molar-refractivity contribution in [1.29, 1.82) is 0 Å². The molecular formula is C19H22FNO4. The van der Waals surface area contributed by atoms with Gasteiger partial charge in [0.25, 0.3) is 5.91 Å². The van der Waals surface area contributed by atoms with Crippen molar-refractivity contribution in [2.75, 3.05) is 13.7 Å². The Bertz CT molecular complexity index is 673. The molecule has 0 aliphatic carbocycles. The van der Waals surface area contributed by atoms with Gasteiger partial charge in [-0.1, -0.05) is 0 Å². The summed E-state index contributed by atoms with van der Waals surface area (Å²) in [6.07, 6.45) is -0.700. The van der Waals surface area contributed by atoms with Crippen LogP contribution in [0, 0.1) is 5.82 Å². The molecule has 25 heavy (non-hydrogen) atoms. The highest BCUT2D eigenvalue weighted by Gasteiger charge is 2.17. The summed E-state index contributed by atoms with van der Waals surface area (Å²) in [6, 6.07) is 12.5. The topological polar surface area (TPSA) is 56.8 Å². The zero-order valence-electron chi connectivity index (χ0n) is 14.5. The number of carbonyl (C=O) groups excluding carboxylic acids is 1. The van der Waals surface area contributed by atoms with Gasteiger partial charge in [0.2, 0.25) is 0 Å². The minimum absolute atomic E-state index is 0.200. The Balaban J connectivity index is 1.77. The zero-order chi connectivity index (χ0) is 18.2. The first kappa shape index (κ1) is 18.6. The molecule has 5 nitrogen and oxygen atoms in total. The van der Waals surface area contributed by atoms with Crippen LogP contribution in [0.25, 0.3) is 0 Å². The highest BCUT2D eigenvalue weighted by Crippen LogP contribution is 2.17. The smallest absolute Gasteiger partial charge is 0.261 e. The third-order valence-corrected chi connectivity index (χ3v) is 3.44. The molecule has 0 radical (unpaired) electrons. The van der Waals surface area contributed by atoms with Crippen LogP contribution in [0.15, 0.2) is 48.5 Å². The Hall–Kier alpha value is -2.76. The van der Waals surface area contributed by atoms with Crippen LogP contribution in [0.4, 0.5) is 4.39 Å². The highest BCUT2D eigenvalue weighted by atomic mass is 19.1. The number of ether oxygens (including phenoxy) is 3. The standard InChI is InChI=1S/C19H22FNO4/c1-13(12-24-17-10-8-16(23-3)9-11-17)21-19(22)14(2)25-18-6-4-15(20)5-7-18/h4-11,13-14H,12H2,1-3H3,(H,21,22). The van der Waals surface area contributed by atoms with Crippen LogP contribution in [-0.2, 0) is 4.79 Å². The molecule has 0 saturated heterocycles. The highest BCUT2D eigenvalue weighted by molar-refractivity contribution is 5.80. The largest absolute Gasteiger partial charge is 0.497 e. The van der Waals surface area contributed by atoms with E-state index in [9.17, 15) is 9.18 Å². The lowest BCUT2D eigenvalue weighted by Crippen LogP contribution is -2.43. The van der Waals surface area contributed by atoms with E-state index in [1.807, 2.05) is 6.92 Å². The molecule has 0 spiro atoms. The lowest BCUT2D eigenvalue weighted by atomic mass is 10.3. The van der Waals surface area contributed by atoms with Crippen molar-refractivity contribution in [2.24, 2.45) is 0 Å². The van der Waals surface area contributed by atoms with Crippen molar-refractivity contribution in [2.45, 2.75) is 26.0 Å². The van der Waals surface area contributed by atoms with E-state index >= 15 is 0 Å². The maximum absolute atomic E-state index is 12.9. The van der Waals surface area contributed by atoms with E-state index in [0.717, 1.165) is 5.75 Å². The fraction of sp³-hybridized carbons (Fsp3) is 0.316. The number of halogens is 1. The summed E-state index contributed by atoms with van der Waals surface area (Å²) in [4.78, 5) is 12.1. The first-order chi connectivity index (χ1) is 12.0. The molecule has 0 aliphatic rings. The predicted octanol–water partition coefficient (Wildman–Crippen LogP) is 3.19. The molecule has 2 rings (SSSR count). The second-order valence-electron chi connectivity index (χ2n) is 5.61. The molecule has 0 heterocycles. The molecule has 2 unspecified atom stereocenters. The van der Waals surface area contributed by atoms with Gasteiger partial charge in [0, 0.05) is 0 Å². The van der Waals surface area contributed by atoms with E-state index in [0.29, 0.717) is 18.1 Å².